The van der Waals surface area contributed by atoms with Crippen LogP contribution in [0.2, 0.25) is 0 Å². The Morgan fingerprint density at radius 3 is 2.15 bits per heavy atom. The van der Waals surface area contributed by atoms with Crippen molar-refractivity contribution < 1.29 is 9.18 Å². The number of pyridine rings is 1. The van der Waals surface area contributed by atoms with E-state index in [-0.39, 0.29) is 23.9 Å². The summed E-state index contributed by atoms with van der Waals surface area (Å²) in [5.74, 6) is -0.302. The quantitative estimate of drug-likeness (QED) is 0.713. The lowest BCUT2D eigenvalue weighted by molar-refractivity contribution is 0.195. The maximum Gasteiger partial charge on any atom is 0.318 e. The van der Waals surface area contributed by atoms with Gasteiger partial charge >= 0.3 is 6.03 Å². The van der Waals surface area contributed by atoms with Crippen LogP contribution in [0.25, 0.3) is 0 Å². The van der Waals surface area contributed by atoms with Crippen molar-refractivity contribution in [1.82, 2.24) is 15.2 Å². The average Bonchev–Trinajstić information content (AvgIpc) is 2.71. The number of urea groups is 1. The molecule has 1 N–H and O–H groups in total. The third-order valence-corrected chi connectivity index (χ3v) is 4.55. The zero-order valence-electron chi connectivity index (χ0n) is 15.3. The highest BCUT2D eigenvalue weighted by Gasteiger charge is 2.24. The van der Waals surface area contributed by atoms with Gasteiger partial charge in [-0.1, -0.05) is 42.5 Å². The smallest absolute Gasteiger partial charge is 0.318 e. The van der Waals surface area contributed by atoms with Gasteiger partial charge in [0, 0.05) is 19.4 Å². The van der Waals surface area contributed by atoms with E-state index in [2.05, 4.69) is 10.3 Å². The van der Waals surface area contributed by atoms with E-state index in [0.717, 1.165) is 16.7 Å². The van der Waals surface area contributed by atoms with Crippen LogP contribution in [0.4, 0.5) is 9.18 Å². The second-order valence-electron chi connectivity index (χ2n) is 6.43. The molecule has 27 heavy (non-hydrogen) atoms. The molecule has 2 aromatic carbocycles. The number of rotatable bonds is 5. The Bertz CT molecular complexity index is 869. The minimum atomic E-state index is -0.323. The fourth-order valence-electron chi connectivity index (χ4n) is 3.06. The Kier molecular flexibility index (Phi) is 5.81. The third kappa shape index (κ3) is 4.50. The number of nitrogens with zero attached hydrogens (tertiary/aromatic N) is 2. The van der Waals surface area contributed by atoms with E-state index in [0.29, 0.717) is 0 Å². The van der Waals surface area contributed by atoms with E-state index in [4.69, 9.17) is 0 Å². The standard InChI is InChI=1S/C22H22FN3O/c1-16(17-12-14-24-15-13-17)25-22(27)26(2)21(18-6-4-3-5-7-18)19-8-10-20(23)11-9-19/h3-16,21H,1-2H3,(H,25,27). The molecule has 0 saturated carbocycles. The highest BCUT2D eigenvalue weighted by atomic mass is 19.1. The first-order valence-electron chi connectivity index (χ1n) is 8.80. The predicted octanol–water partition coefficient (Wildman–Crippen LogP) is 4.71. The first-order valence-corrected chi connectivity index (χ1v) is 8.80. The summed E-state index contributed by atoms with van der Waals surface area (Å²) in [5, 5.41) is 3.01. The van der Waals surface area contributed by atoms with Gasteiger partial charge in [-0.2, -0.15) is 0 Å². The fraction of sp³-hybridized carbons (Fsp3) is 0.182. The molecule has 3 aromatic rings. The van der Waals surface area contributed by atoms with Crippen LogP contribution >= 0.6 is 0 Å². The lowest BCUT2D eigenvalue weighted by Gasteiger charge is -2.30. The number of halogens is 1. The summed E-state index contributed by atoms with van der Waals surface area (Å²) in [4.78, 5) is 18.5. The number of amides is 2. The molecular weight excluding hydrogens is 341 g/mol. The Balaban J connectivity index is 1.85. The normalized spacial score (nSPS) is 12.9. The highest BCUT2D eigenvalue weighted by molar-refractivity contribution is 5.75. The Morgan fingerprint density at radius 2 is 1.52 bits per heavy atom. The van der Waals surface area contributed by atoms with Crippen molar-refractivity contribution in [3.05, 3.63) is 102 Å². The lowest BCUT2D eigenvalue weighted by Crippen LogP contribution is -2.41. The molecular formula is C22H22FN3O. The maximum atomic E-state index is 13.4. The van der Waals surface area contributed by atoms with E-state index in [9.17, 15) is 9.18 Å². The van der Waals surface area contributed by atoms with Crippen molar-refractivity contribution >= 4 is 6.03 Å². The summed E-state index contributed by atoms with van der Waals surface area (Å²) < 4.78 is 13.4. The molecule has 0 fully saturated rings. The molecule has 0 spiro atoms. The monoisotopic (exact) mass is 363 g/mol. The number of benzene rings is 2. The first kappa shape index (κ1) is 18.6. The molecule has 0 aliphatic carbocycles. The molecule has 2 unspecified atom stereocenters. The van der Waals surface area contributed by atoms with Gasteiger partial charge in [-0.05, 0) is 47.9 Å². The van der Waals surface area contributed by atoms with Crippen LogP contribution in [0.3, 0.4) is 0 Å². The van der Waals surface area contributed by atoms with Crippen LogP contribution in [0.15, 0.2) is 79.1 Å². The molecule has 0 aliphatic heterocycles. The second kappa shape index (κ2) is 8.45. The predicted molar refractivity (Wildman–Crippen MR) is 104 cm³/mol. The minimum absolute atomic E-state index is 0.160. The molecule has 0 bridgehead atoms. The van der Waals surface area contributed by atoms with Gasteiger partial charge in [0.25, 0.3) is 0 Å². The Hall–Kier alpha value is -3.21. The van der Waals surface area contributed by atoms with E-state index in [1.165, 1.54) is 12.1 Å². The minimum Gasteiger partial charge on any atom is -0.331 e. The topological polar surface area (TPSA) is 45.2 Å². The Morgan fingerprint density at radius 1 is 0.926 bits per heavy atom. The average molecular weight is 363 g/mol. The van der Waals surface area contributed by atoms with E-state index in [1.807, 2.05) is 49.4 Å². The third-order valence-electron chi connectivity index (χ3n) is 4.55. The van der Waals surface area contributed by atoms with Crippen LogP contribution < -0.4 is 5.32 Å². The summed E-state index contributed by atoms with van der Waals surface area (Å²) >= 11 is 0. The van der Waals surface area contributed by atoms with Crippen molar-refractivity contribution in [2.75, 3.05) is 7.05 Å². The number of aromatic nitrogens is 1. The van der Waals surface area contributed by atoms with Crippen molar-refractivity contribution in [3.63, 3.8) is 0 Å². The summed E-state index contributed by atoms with van der Waals surface area (Å²) in [6, 6.07) is 19.0. The molecule has 1 aromatic heterocycles. The first-order chi connectivity index (χ1) is 13.1. The van der Waals surface area contributed by atoms with Crippen molar-refractivity contribution in [2.45, 2.75) is 19.0 Å². The molecule has 0 aliphatic rings. The zero-order valence-corrected chi connectivity index (χ0v) is 15.3. The van der Waals surface area contributed by atoms with Gasteiger partial charge < -0.3 is 10.2 Å². The molecule has 2 atom stereocenters. The fourth-order valence-corrected chi connectivity index (χ4v) is 3.06. The summed E-state index contributed by atoms with van der Waals surface area (Å²) in [6.07, 6.45) is 3.40. The zero-order chi connectivity index (χ0) is 19.2. The molecule has 138 valence electrons. The van der Waals surface area contributed by atoms with Crippen LogP contribution in [-0.2, 0) is 0 Å². The number of nitrogens with one attached hydrogen (secondary N) is 1. The van der Waals surface area contributed by atoms with Crippen molar-refractivity contribution in [2.24, 2.45) is 0 Å². The van der Waals surface area contributed by atoms with Gasteiger partial charge in [-0.15, -0.1) is 0 Å². The molecule has 0 saturated heterocycles. The maximum absolute atomic E-state index is 13.4. The van der Waals surface area contributed by atoms with Crippen LogP contribution in [-0.4, -0.2) is 23.0 Å². The SMILES string of the molecule is CC(NC(=O)N(C)C(c1ccccc1)c1ccc(F)cc1)c1ccncc1. The van der Waals surface area contributed by atoms with E-state index < -0.39 is 0 Å². The number of hydrogen-bond acceptors (Lipinski definition) is 2. The van der Waals surface area contributed by atoms with Crippen LogP contribution in [0.5, 0.6) is 0 Å². The summed E-state index contributed by atoms with van der Waals surface area (Å²) in [7, 11) is 1.75. The van der Waals surface area contributed by atoms with Gasteiger partial charge in [-0.25, -0.2) is 9.18 Å². The number of carbonyl (C=O) groups excluding carboxylic acids is 1. The summed E-state index contributed by atoms with van der Waals surface area (Å²) in [6.45, 7) is 1.93. The van der Waals surface area contributed by atoms with Crippen molar-refractivity contribution in [3.8, 4) is 0 Å². The molecule has 5 heteroatoms. The van der Waals surface area contributed by atoms with E-state index >= 15 is 0 Å². The summed E-state index contributed by atoms with van der Waals surface area (Å²) in [5.41, 5.74) is 2.78. The molecule has 1 heterocycles. The van der Waals surface area contributed by atoms with Gasteiger partial charge in [0.05, 0.1) is 12.1 Å². The molecule has 2 amide bonds. The van der Waals surface area contributed by atoms with Gasteiger partial charge in [0.15, 0.2) is 0 Å². The Labute approximate surface area is 158 Å². The van der Waals surface area contributed by atoms with E-state index in [1.54, 1.807) is 36.5 Å². The molecule has 0 radical (unpaired) electrons. The number of carbonyl (C=O) groups is 1. The lowest BCUT2D eigenvalue weighted by atomic mass is 9.97. The van der Waals surface area contributed by atoms with Crippen LogP contribution in [0.1, 0.15) is 35.7 Å². The van der Waals surface area contributed by atoms with Gasteiger partial charge in [0.2, 0.25) is 0 Å². The van der Waals surface area contributed by atoms with Gasteiger partial charge in [0.1, 0.15) is 5.82 Å². The largest absolute Gasteiger partial charge is 0.331 e. The molecule has 4 nitrogen and oxygen atoms in total. The highest BCUT2D eigenvalue weighted by Crippen LogP contribution is 2.28. The van der Waals surface area contributed by atoms with Crippen molar-refractivity contribution in [1.29, 1.82) is 0 Å². The second-order valence-corrected chi connectivity index (χ2v) is 6.43. The van der Waals surface area contributed by atoms with Crippen LogP contribution in [0, 0.1) is 5.82 Å². The molecule has 3 rings (SSSR count). The van der Waals surface area contributed by atoms with Gasteiger partial charge in [-0.3, -0.25) is 4.98 Å². The number of hydrogen-bond donors (Lipinski definition) is 1.